The second kappa shape index (κ2) is 9.79. The van der Waals surface area contributed by atoms with Crippen molar-refractivity contribution in [1.29, 1.82) is 0 Å². The summed E-state index contributed by atoms with van der Waals surface area (Å²) in [5, 5.41) is 0. The first-order chi connectivity index (χ1) is 16.0. The van der Waals surface area contributed by atoms with Gasteiger partial charge >= 0.3 is 5.97 Å². The van der Waals surface area contributed by atoms with Gasteiger partial charge in [-0.15, -0.1) is 0 Å². The maximum Gasteiger partial charge on any atom is 0.340 e. The summed E-state index contributed by atoms with van der Waals surface area (Å²) < 4.78 is 5.41. The smallest absolute Gasteiger partial charge is 0.340 e. The highest BCUT2D eigenvalue weighted by atomic mass is 32.1. The van der Waals surface area contributed by atoms with Gasteiger partial charge in [0, 0.05) is 5.75 Å². The third-order valence-corrected chi connectivity index (χ3v) is 6.41. The van der Waals surface area contributed by atoms with Crippen LogP contribution >= 0.6 is 12.6 Å². The third kappa shape index (κ3) is 4.04. The average Bonchev–Trinajstić information content (AvgIpc) is 3.14. The number of rotatable bonds is 8. The lowest BCUT2D eigenvalue weighted by Gasteiger charge is -2.18. The van der Waals surface area contributed by atoms with Crippen LogP contribution in [0.2, 0.25) is 0 Å². The lowest BCUT2D eigenvalue weighted by molar-refractivity contribution is 0.0528. The van der Waals surface area contributed by atoms with Gasteiger partial charge in [0.2, 0.25) is 0 Å². The first-order valence-corrected chi connectivity index (χ1v) is 12.0. The fraction of sp³-hybridized carbons (Fsp3) is 0.296. The molecule has 33 heavy (non-hydrogen) atoms. The average molecular weight is 462 g/mol. The van der Waals surface area contributed by atoms with Gasteiger partial charge in [-0.2, -0.15) is 12.6 Å². The van der Waals surface area contributed by atoms with E-state index in [1.54, 1.807) is 31.2 Å². The molecule has 2 amide bonds. The highest BCUT2D eigenvalue weighted by Crippen LogP contribution is 2.46. The largest absolute Gasteiger partial charge is 0.462 e. The van der Waals surface area contributed by atoms with Crippen molar-refractivity contribution in [1.82, 2.24) is 0 Å². The minimum absolute atomic E-state index is 0.194. The quantitative estimate of drug-likeness (QED) is 0.195. The second-order valence-electron chi connectivity index (χ2n) is 8.10. The summed E-state index contributed by atoms with van der Waals surface area (Å²) in [5.41, 5.74) is 4.71. The Bertz CT molecular complexity index is 1170. The number of ether oxygens (including phenoxy) is 1. The lowest BCUT2D eigenvalue weighted by Crippen LogP contribution is -2.31. The zero-order chi connectivity index (χ0) is 23.5. The molecular formula is C27H27NO4S. The molecule has 0 atom stereocenters. The Morgan fingerprint density at radius 3 is 2.09 bits per heavy atom. The van der Waals surface area contributed by atoms with Gasteiger partial charge < -0.3 is 4.74 Å². The molecule has 0 saturated carbocycles. The van der Waals surface area contributed by atoms with Crippen molar-refractivity contribution >= 4 is 36.1 Å². The van der Waals surface area contributed by atoms with E-state index in [1.165, 1.54) is 4.90 Å². The van der Waals surface area contributed by atoms with Crippen LogP contribution in [-0.2, 0) is 16.9 Å². The van der Waals surface area contributed by atoms with E-state index in [4.69, 9.17) is 4.74 Å². The van der Waals surface area contributed by atoms with Crippen LogP contribution in [0, 0.1) is 0 Å². The number of benzene rings is 1. The summed E-state index contributed by atoms with van der Waals surface area (Å²) in [6.45, 7) is 4.06. The normalized spacial score (nSPS) is 13.0. The van der Waals surface area contributed by atoms with E-state index < -0.39 is 17.8 Å². The van der Waals surface area contributed by atoms with Gasteiger partial charge in [0.05, 0.1) is 29.0 Å². The van der Waals surface area contributed by atoms with Crippen molar-refractivity contribution in [2.24, 2.45) is 0 Å². The number of thiol groups is 1. The Morgan fingerprint density at radius 2 is 1.52 bits per heavy atom. The fourth-order valence-corrected chi connectivity index (χ4v) is 4.67. The zero-order valence-corrected chi connectivity index (χ0v) is 19.8. The molecule has 1 heterocycles. The van der Waals surface area contributed by atoms with E-state index in [0.717, 1.165) is 36.0 Å². The van der Waals surface area contributed by atoms with Crippen LogP contribution in [0.3, 0.4) is 0 Å². The first kappa shape index (κ1) is 23.1. The molecule has 0 N–H and O–H groups in total. The van der Waals surface area contributed by atoms with Crippen molar-refractivity contribution in [3.63, 3.8) is 0 Å². The second-order valence-corrected chi connectivity index (χ2v) is 8.41. The van der Waals surface area contributed by atoms with Crippen molar-refractivity contribution < 1.29 is 19.1 Å². The fourth-order valence-electron chi connectivity index (χ4n) is 4.46. The molecule has 1 aromatic carbocycles. The molecule has 0 aromatic heterocycles. The van der Waals surface area contributed by atoms with Crippen molar-refractivity contribution in [3.8, 4) is 11.1 Å². The number of carbonyl (C=O) groups excluding carboxylic acids is 3. The molecule has 0 bridgehead atoms. The number of imide groups is 1. The predicted octanol–water partition coefficient (Wildman–Crippen LogP) is 5.93. The number of nitrogens with zero attached hydrogens (tertiary/aromatic N) is 1. The lowest BCUT2D eigenvalue weighted by atomic mass is 10.0. The number of hydrogen-bond acceptors (Lipinski definition) is 5. The van der Waals surface area contributed by atoms with Gasteiger partial charge in [-0.1, -0.05) is 56.2 Å². The van der Waals surface area contributed by atoms with Gasteiger partial charge in [0.1, 0.15) is 0 Å². The standard InChI is InChI=1S/C27H27NO4S/c1-3-5-6-9-20-18-14-12-17(16-33)13-15-19(18)23(27(31)32-4-2)24(20)28-25(29)21-10-7-8-11-22(21)26(28)30/h7-8,10-15,33H,3-6,9,16H2,1-2H3. The number of carbonyl (C=O) groups is 3. The van der Waals surface area contributed by atoms with Crippen LogP contribution in [0.4, 0.5) is 5.69 Å². The van der Waals surface area contributed by atoms with E-state index in [1.807, 2.05) is 24.3 Å². The molecular weight excluding hydrogens is 434 g/mol. The van der Waals surface area contributed by atoms with Crippen molar-refractivity contribution in [2.45, 2.75) is 45.3 Å². The number of anilines is 1. The first-order valence-electron chi connectivity index (χ1n) is 11.4. The summed E-state index contributed by atoms with van der Waals surface area (Å²) in [6.07, 6.45) is 3.56. The zero-order valence-electron chi connectivity index (χ0n) is 18.9. The third-order valence-electron chi connectivity index (χ3n) is 6.05. The van der Waals surface area contributed by atoms with Crippen LogP contribution in [0.5, 0.6) is 0 Å². The predicted molar refractivity (Wildman–Crippen MR) is 133 cm³/mol. The summed E-state index contributed by atoms with van der Waals surface area (Å²) in [7, 11) is 0. The Balaban J connectivity index is 2.00. The number of amides is 2. The summed E-state index contributed by atoms with van der Waals surface area (Å²) in [4.78, 5) is 41.2. The van der Waals surface area contributed by atoms with Crippen LogP contribution in [0.1, 0.15) is 75.3 Å². The molecule has 0 radical (unpaired) electrons. The van der Waals surface area contributed by atoms with E-state index in [-0.39, 0.29) is 12.2 Å². The van der Waals surface area contributed by atoms with Gasteiger partial charge in [-0.05, 0) is 54.2 Å². The Labute approximate surface area is 199 Å². The highest BCUT2D eigenvalue weighted by molar-refractivity contribution is 7.79. The molecule has 4 rings (SSSR count). The van der Waals surface area contributed by atoms with Crippen molar-refractivity contribution in [2.75, 3.05) is 11.5 Å². The summed E-state index contributed by atoms with van der Waals surface area (Å²) in [5.74, 6) is -0.792. The number of unbranched alkanes of at least 4 members (excludes halogenated alkanes) is 2. The van der Waals surface area contributed by atoms with Gasteiger partial charge in [-0.25, -0.2) is 9.69 Å². The van der Waals surface area contributed by atoms with E-state index in [2.05, 4.69) is 19.6 Å². The monoisotopic (exact) mass is 461 g/mol. The molecule has 0 saturated heterocycles. The minimum Gasteiger partial charge on any atom is -0.462 e. The van der Waals surface area contributed by atoms with Crippen molar-refractivity contribution in [3.05, 3.63) is 76.3 Å². The van der Waals surface area contributed by atoms with E-state index >= 15 is 0 Å². The van der Waals surface area contributed by atoms with Gasteiger partial charge in [0.15, 0.2) is 0 Å². The summed E-state index contributed by atoms with van der Waals surface area (Å²) >= 11 is 4.38. The number of hydrogen-bond donors (Lipinski definition) is 1. The van der Waals surface area contributed by atoms with Crippen LogP contribution in [-0.4, -0.2) is 24.4 Å². The molecule has 170 valence electrons. The number of fused-ring (bicyclic) bond motifs is 2. The minimum atomic E-state index is -0.533. The maximum absolute atomic E-state index is 13.4. The van der Waals surface area contributed by atoms with Gasteiger partial charge in [0.25, 0.3) is 11.8 Å². The number of esters is 1. The molecule has 1 aromatic rings. The van der Waals surface area contributed by atoms with Crippen LogP contribution in [0.25, 0.3) is 11.1 Å². The Kier molecular flexibility index (Phi) is 6.84. The SMILES string of the molecule is CCCCCc1c2ccc(CS)ccc-2c(C(=O)OCC)c1N1C(=O)c2ccccc2C1=O. The highest BCUT2D eigenvalue weighted by Gasteiger charge is 2.42. The maximum atomic E-state index is 13.4. The molecule has 3 aliphatic rings. The Morgan fingerprint density at radius 1 is 0.879 bits per heavy atom. The van der Waals surface area contributed by atoms with E-state index in [9.17, 15) is 14.4 Å². The molecule has 0 unspecified atom stereocenters. The van der Waals surface area contributed by atoms with Crippen LogP contribution in [0.15, 0.2) is 48.5 Å². The molecule has 6 heteroatoms. The molecule has 0 fully saturated rings. The van der Waals surface area contributed by atoms with E-state index in [0.29, 0.717) is 34.6 Å². The molecule has 1 aliphatic heterocycles. The van der Waals surface area contributed by atoms with Crippen LogP contribution < -0.4 is 4.90 Å². The topological polar surface area (TPSA) is 63.7 Å². The molecule has 0 spiro atoms. The Hall–Kier alpha value is -3.12. The summed E-state index contributed by atoms with van der Waals surface area (Å²) in [6, 6.07) is 14.5. The van der Waals surface area contributed by atoms with Gasteiger partial charge in [-0.3, -0.25) is 9.59 Å². The molecule has 2 aliphatic carbocycles. The molecule has 5 nitrogen and oxygen atoms in total.